The van der Waals surface area contributed by atoms with Crippen molar-refractivity contribution in [3.8, 4) is 0 Å². The topological polar surface area (TPSA) is 61.0 Å². The van der Waals surface area contributed by atoms with E-state index in [2.05, 4.69) is 6.92 Å². The van der Waals surface area contributed by atoms with E-state index in [1.165, 1.54) is 19.3 Å². The van der Waals surface area contributed by atoms with Gasteiger partial charge in [-0.25, -0.2) is 0 Å². The van der Waals surface area contributed by atoms with Gasteiger partial charge in [-0.3, -0.25) is 0 Å². The first-order chi connectivity index (χ1) is 2.91. The highest BCUT2D eigenvalue weighted by molar-refractivity contribution is 4.34. The average molecular weight is 104 g/mol. The summed E-state index contributed by atoms with van der Waals surface area (Å²) in [5.74, 6) is 0. The number of hydrogen-bond acceptors (Lipinski definition) is 2. The van der Waals surface area contributed by atoms with Gasteiger partial charge in [-0.05, 0) is 13.0 Å². The lowest BCUT2D eigenvalue weighted by molar-refractivity contribution is 0.727. The molecule has 0 amide bonds. The van der Waals surface area contributed by atoms with Crippen molar-refractivity contribution < 1.29 is 0 Å². The second kappa shape index (κ2) is 9.33. The molecular weight excluding hydrogens is 88.1 g/mol. The van der Waals surface area contributed by atoms with Crippen LogP contribution in [-0.4, -0.2) is 6.54 Å². The molecule has 0 fully saturated rings. The van der Waals surface area contributed by atoms with Crippen molar-refractivity contribution in [1.29, 1.82) is 0 Å². The second-order valence-electron chi connectivity index (χ2n) is 1.50. The molecule has 0 saturated carbocycles. The number of unbranched alkanes of at least 4 members (excludes halogenated alkanes) is 2. The van der Waals surface area contributed by atoms with Crippen molar-refractivity contribution in [3.05, 3.63) is 0 Å². The summed E-state index contributed by atoms with van der Waals surface area (Å²) in [6, 6.07) is 0. The van der Waals surface area contributed by atoms with E-state index in [0.717, 1.165) is 6.54 Å². The third-order valence-electron chi connectivity index (χ3n) is 0.808. The van der Waals surface area contributed by atoms with Gasteiger partial charge in [-0.2, -0.15) is 0 Å². The van der Waals surface area contributed by atoms with Crippen molar-refractivity contribution in [3.63, 3.8) is 0 Å². The Labute approximate surface area is 45.7 Å². The van der Waals surface area contributed by atoms with Crippen LogP contribution in [0.1, 0.15) is 26.2 Å². The Kier molecular flexibility index (Phi) is 13.3. The van der Waals surface area contributed by atoms with Crippen LogP contribution in [0.4, 0.5) is 0 Å². The van der Waals surface area contributed by atoms with Crippen LogP contribution in [0.3, 0.4) is 0 Å². The summed E-state index contributed by atoms with van der Waals surface area (Å²) < 4.78 is 0. The van der Waals surface area contributed by atoms with Crippen LogP contribution in [0.5, 0.6) is 0 Å². The molecule has 46 valence electrons. The monoisotopic (exact) mass is 104 g/mol. The molecule has 0 spiro atoms. The Morgan fingerprint density at radius 2 is 1.86 bits per heavy atom. The Balaban J connectivity index is 0. The molecule has 0 radical (unpaired) electrons. The van der Waals surface area contributed by atoms with Gasteiger partial charge in [0.2, 0.25) is 0 Å². The summed E-state index contributed by atoms with van der Waals surface area (Å²) in [4.78, 5) is 0. The zero-order chi connectivity index (χ0) is 4.83. The van der Waals surface area contributed by atoms with Gasteiger partial charge in [0.1, 0.15) is 0 Å². The van der Waals surface area contributed by atoms with Crippen LogP contribution in [0.25, 0.3) is 0 Å². The minimum Gasteiger partial charge on any atom is -0.344 e. The van der Waals surface area contributed by atoms with Gasteiger partial charge in [0.25, 0.3) is 0 Å². The highest BCUT2D eigenvalue weighted by Gasteiger charge is 1.75. The molecule has 0 bridgehead atoms. The fourth-order valence-corrected chi connectivity index (χ4v) is 0.394. The molecule has 0 aliphatic heterocycles. The van der Waals surface area contributed by atoms with Gasteiger partial charge in [0.05, 0.1) is 0 Å². The first-order valence-electron chi connectivity index (χ1n) is 2.62. The lowest BCUT2D eigenvalue weighted by Gasteiger charge is -1.86. The Morgan fingerprint density at radius 1 is 1.29 bits per heavy atom. The van der Waals surface area contributed by atoms with Crippen LogP contribution in [0.2, 0.25) is 0 Å². The molecule has 0 aliphatic carbocycles. The number of rotatable bonds is 3. The molecule has 2 heteroatoms. The molecule has 2 nitrogen and oxygen atoms in total. The number of nitrogens with two attached hydrogens (primary N) is 1. The van der Waals surface area contributed by atoms with Crippen molar-refractivity contribution in [2.75, 3.05) is 6.54 Å². The van der Waals surface area contributed by atoms with E-state index in [-0.39, 0.29) is 6.15 Å². The summed E-state index contributed by atoms with van der Waals surface area (Å²) in [7, 11) is 0. The van der Waals surface area contributed by atoms with Crippen molar-refractivity contribution in [2.24, 2.45) is 5.73 Å². The van der Waals surface area contributed by atoms with Gasteiger partial charge in [-0.15, -0.1) is 0 Å². The zero-order valence-corrected chi connectivity index (χ0v) is 5.11. The maximum atomic E-state index is 5.21. The van der Waals surface area contributed by atoms with Crippen LogP contribution in [0.15, 0.2) is 0 Å². The molecule has 0 heterocycles. The van der Waals surface area contributed by atoms with Gasteiger partial charge in [0, 0.05) is 0 Å². The Bertz CT molecular complexity index is 18.0. The lowest BCUT2D eigenvalue weighted by Crippen LogP contribution is -1.96. The Hall–Kier alpha value is -0.0800. The predicted molar refractivity (Wildman–Crippen MR) is 33.6 cm³/mol. The fraction of sp³-hybridized carbons (Fsp3) is 1.00. The standard InChI is InChI=1S/C5H13N.H3N/c1-2-3-4-5-6;/h2-6H2,1H3;1H3. The van der Waals surface area contributed by atoms with E-state index in [1.54, 1.807) is 0 Å². The maximum Gasteiger partial charge on any atom is -0.00773 e. The summed E-state index contributed by atoms with van der Waals surface area (Å²) in [6.45, 7) is 3.03. The van der Waals surface area contributed by atoms with Gasteiger partial charge in [0.15, 0.2) is 0 Å². The van der Waals surface area contributed by atoms with Crippen molar-refractivity contribution in [1.82, 2.24) is 6.15 Å². The minimum atomic E-state index is 0. The maximum absolute atomic E-state index is 5.21. The average Bonchev–Trinajstić information content (AvgIpc) is 1.61. The molecule has 0 aromatic carbocycles. The summed E-state index contributed by atoms with van der Waals surface area (Å²) in [5, 5.41) is 0. The molecule has 0 aromatic heterocycles. The third kappa shape index (κ3) is 10.7. The smallest absolute Gasteiger partial charge is 0.00773 e. The summed E-state index contributed by atoms with van der Waals surface area (Å²) >= 11 is 0. The van der Waals surface area contributed by atoms with E-state index >= 15 is 0 Å². The SMILES string of the molecule is CCCCCN.N. The van der Waals surface area contributed by atoms with Crippen molar-refractivity contribution >= 4 is 0 Å². The molecule has 5 N–H and O–H groups in total. The summed E-state index contributed by atoms with van der Waals surface area (Å²) in [5.41, 5.74) is 5.21. The van der Waals surface area contributed by atoms with Crippen LogP contribution in [0, 0.1) is 0 Å². The molecule has 0 atom stereocenters. The van der Waals surface area contributed by atoms with E-state index in [0.29, 0.717) is 0 Å². The zero-order valence-electron chi connectivity index (χ0n) is 5.11. The largest absolute Gasteiger partial charge is 0.344 e. The molecule has 0 rings (SSSR count). The molecule has 0 saturated heterocycles. The second-order valence-corrected chi connectivity index (χ2v) is 1.50. The highest BCUT2D eigenvalue weighted by atomic mass is 14.5. The first kappa shape index (κ1) is 10.0. The predicted octanol–water partition coefficient (Wildman–Crippen LogP) is 1.30. The van der Waals surface area contributed by atoms with E-state index in [1.807, 2.05) is 0 Å². The molecular formula is C5H16N2. The normalized spacial score (nSPS) is 7.71. The lowest BCUT2D eigenvalue weighted by atomic mass is 10.3. The molecule has 0 unspecified atom stereocenters. The van der Waals surface area contributed by atoms with Crippen LogP contribution < -0.4 is 11.9 Å². The van der Waals surface area contributed by atoms with Crippen LogP contribution >= 0.6 is 0 Å². The van der Waals surface area contributed by atoms with Gasteiger partial charge < -0.3 is 11.9 Å². The molecule has 0 aliphatic rings. The van der Waals surface area contributed by atoms with Crippen LogP contribution in [-0.2, 0) is 0 Å². The first-order valence-corrected chi connectivity index (χ1v) is 2.62. The summed E-state index contributed by atoms with van der Waals surface area (Å²) in [6.07, 6.45) is 3.75. The van der Waals surface area contributed by atoms with E-state index in [4.69, 9.17) is 5.73 Å². The number of hydrogen-bond donors (Lipinski definition) is 2. The molecule has 0 aromatic rings. The van der Waals surface area contributed by atoms with E-state index < -0.39 is 0 Å². The van der Waals surface area contributed by atoms with Gasteiger partial charge >= 0.3 is 0 Å². The van der Waals surface area contributed by atoms with E-state index in [9.17, 15) is 0 Å². The molecule has 7 heavy (non-hydrogen) atoms. The van der Waals surface area contributed by atoms with Crippen molar-refractivity contribution in [2.45, 2.75) is 26.2 Å². The quantitative estimate of drug-likeness (QED) is 0.530. The minimum absolute atomic E-state index is 0. The van der Waals surface area contributed by atoms with Gasteiger partial charge in [-0.1, -0.05) is 19.8 Å². The highest BCUT2D eigenvalue weighted by Crippen LogP contribution is 1.88. The fourth-order valence-electron chi connectivity index (χ4n) is 0.394. The third-order valence-corrected chi connectivity index (χ3v) is 0.808. The Morgan fingerprint density at radius 3 is 2.00 bits per heavy atom.